The summed E-state index contributed by atoms with van der Waals surface area (Å²) in [6.07, 6.45) is 1.15. The molecule has 108 valence electrons. The molecular weight excluding hydrogens is 262 g/mol. The summed E-state index contributed by atoms with van der Waals surface area (Å²) >= 11 is 0. The van der Waals surface area contributed by atoms with Crippen molar-refractivity contribution in [3.8, 4) is 0 Å². The lowest BCUT2D eigenvalue weighted by Gasteiger charge is -2.07. The summed E-state index contributed by atoms with van der Waals surface area (Å²) < 4.78 is 0. The number of hydrogen-bond acceptors (Lipinski definition) is 4. The minimum atomic E-state index is -0.717. The van der Waals surface area contributed by atoms with Crippen LogP contribution in [0.15, 0.2) is 24.3 Å². The highest BCUT2D eigenvalue weighted by Crippen LogP contribution is 2.11. The van der Waals surface area contributed by atoms with Gasteiger partial charge >= 0.3 is 0 Å². The Kier molecular flexibility index (Phi) is 6.18. The van der Waals surface area contributed by atoms with E-state index in [1.165, 1.54) is 11.5 Å². The third-order valence-electron chi connectivity index (χ3n) is 2.42. The van der Waals surface area contributed by atoms with Crippen molar-refractivity contribution >= 4 is 23.4 Å². The number of carbonyl (C=O) groups is 3. The average molecular weight is 279 g/mol. The molecule has 0 spiro atoms. The Bertz CT molecular complexity index is 502. The number of carbonyl (C=O) groups excluding carboxylic acids is 3. The smallest absolute Gasteiger partial charge is 0.262 e. The zero-order valence-electron chi connectivity index (χ0n) is 11.1. The maximum atomic E-state index is 11.7. The minimum Gasteiger partial charge on any atom is -0.343 e. The lowest BCUT2D eigenvalue weighted by molar-refractivity contribution is -0.128. The highest BCUT2D eigenvalue weighted by Gasteiger charge is 2.09. The molecule has 0 aliphatic carbocycles. The first-order chi connectivity index (χ1) is 9.56. The summed E-state index contributed by atoms with van der Waals surface area (Å²) in [4.78, 5) is 34.0. The molecule has 0 atom stereocenters. The predicted octanol–water partition coefficient (Wildman–Crippen LogP) is 0.660. The molecule has 4 N–H and O–H groups in total. The lowest BCUT2D eigenvalue weighted by Crippen LogP contribution is -2.35. The normalized spacial score (nSPS) is 9.70. The highest BCUT2D eigenvalue weighted by atomic mass is 16.5. The fourth-order valence-corrected chi connectivity index (χ4v) is 1.49. The van der Waals surface area contributed by atoms with Gasteiger partial charge in [0.05, 0.1) is 6.54 Å². The van der Waals surface area contributed by atoms with Gasteiger partial charge in [-0.25, -0.2) is 5.48 Å². The molecule has 0 aliphatic rings. The van der Waals surface area contributed by atoms with Gasteiger partial charge in [-0.1, -0.05) is 13.0 Å². The maximum Gasteiger partial charge on any atom is 0.262 e. The van der Waals surface area contributed by atoms with E-state index in [1.807, 2.05) is 6.92 Å². The number of hydrogen-bond donors (Lipinski definition) is 4. The molecule has 1 aromatic rings. The Morgan fingerprint density at radius 3 is 2.60 bits per heavy atom. The van der Waals surface area contributed by atoms with E-state index in [2.05, 4.69) is 10.6 Å². The van der Waals surface area contributed by atoms with Crippen LogP contribution >= 0.6 is 0 Å². The van der Waals surface area contributed by atoms with E-state index in [1.54, 1.807) is 18.2 Å². The van der Waals surface area contributed by atoms with Crippen molar-refractivity contribution in [2.24, 2.45) is 0 Å². The molecule has 0 heterocycles. The molecule has 1 aromatic carbocycles. The van der Waals surface area contributed by atoms with Crippen LogP contribution in [0, 0.1) is 0 Å². The van der Waals surface area contributed by atoms with Crippen molar-refractivity contribution < 1.29 is 19.6 Å². The van der Waals surface area contributed by atoms with E-state index < -0.39 is 11.8 Å². The first kappa shape index (κ1) is 15.6. The van der Waals surface area contributed by atoms with E-state index in [9.17, 15) is 14.4 Å². The third-order valence-corrected chi connectivity index (χ3v) is 2.42. The van der Waals surface area contributed by atoms with Gasteiger partial charge in [0.1, 0.15) is 0 Å². The van der Waals surface area contributed by atoms with Crippen LogP contribution in [0.1, 0.15) is 30.1 Å². The Balaban J connectivity index is 2.65. The Morgan fingerprint density at radius 2 is 1.95 bits per heavy atom. The van der Waals surface area contributed by atoms with Crippen molar-refractivity contribution in [1.82, 2.24) is 10.8 Å². The maximum absolute atomic E-state index is 11.7. The number of rotatable bonds is 6. The standard InChI is InChI=1S/C13H17N3O4/c1-2-4-11(17)15-10-6-3-5-9(7-10)13(19)14-8-12(18)16-20/h3,5-7,20H,2,4,8H2,1H3,(H,14,19)(H,15,17)(H,16,18). The van der Waals surface area contributed by atoms with Gasteiger partial charge in [0, 0.05) is 17.7 Å². The molecule has 0 saturated carbocycles. The van der Waals surface area contributed by atoms with E-state index in [0.717, 1.165) is 6.42 Å². The molecule has 3 amide bonds. The molecule has 0 fully saturated rings. The fourth-order valence-electron chi connectivity index (χ4n) is 1.49. The minimum absolute atomic E-state index is 0.121. The van der Waals surface area contributed by atoms with Crippen molar-refractivity contribution in [2.45, 2.75) is 19.8 Å². The quantitative estimate of drug-likeness (QED) is 0.453. The van der Waals surface area contributed by atoms with Gasteiger partial charge in [0.15, 0.2) is 0 Å². The first-order valence-corrected chi connectivity index (χ1v) is 6.18. The van der Waals surface area contributed by atoms with Crippen LogP contribution in [-0.2, 0) is 9.59 Å². The molecule has 1 rings (SSSR count). The van der Waals surface area contributed by atoms with Crippen molar-refractivity contribution in [3.63, 3.8) is 0 Å². The topological polar surface area (TPSA) is 108 Å². The fraction of sp³-hybridized carbons (Fsp3) is 0.308. The van der Waals surface area contributed by atoms with Crippen LogP contribution in [0.4, 0.5) is 5.69 Å². The van der Waals surface area contributed by atoms with E-state index in [4.69, 9.17) is 5.21 Å². The van der Waals surface area contributed by atoms with Gasteiger partial charge in [0.25, 0.3) is 11.8 Å². The van der Waals surface area contributed by atoms with Gasteiger partial charge < -0.3 is 10.6 Å². The second-order valence-corrected chi connectivity index (χ2v) is 4.10. The monoisotopic (exact) mass is 279 g/mol. The van der Waals surface area contributed by atoms with Gasteiger partial charge in [-0.15, -0.1) is 0 Å². The molecule has 0 unspecified atom stereocenters. The molecule has 0 bridgehead atoms. The van der Waals surface area contributed by atoms with Crippen LogP contribution in [0.5, 0.6) is 0 Å². The Hall–Kier alpha value is -2.41. The van der Waals surface area contributed by atoms with E-state index in [-0.39, 0.29) is 12.5 Å². The molecule has 7 nitrogen and oxygen atoms in total. The number of amides is 3. The largest absolute Gasteiger partial charge is 0.343 e. The van der Waals surface area contributed by atoms with Crippen LogP contribution < -0.4 is 16.1 Å². The number of hydroxylamine groups is 1. The number of nitrogens with one attached hydrogen (secondary N) is 3. The van der Waals surface area contributed by atoms with Crippen LogP contribution in [0.3, 0.4) is 0 Å². The summed E-state index contributed by atoms with van der Waals surface area (Å²) in [6, 6.07) is 6.37. The molecule has 0 saturated heterocycles. The third kappa shape index (κ3) is 5.07. The Labute approximate surface area is 116 Å². The van der Waals surface area contributed by atoms with Crippen LogP contribution in [0.25, 0.3) is 0 Å². The summed E-state index contributed by atoms with van der Waals surface area (Å²) in [7, 11) is 0. The van der Waals surface area contributed by atoms with Crippen molar-refractivity contribution in [3.05, 3.63) is 29.8 Å². The zero-order chi connectivity index (χ0) is 15.0. The molecule has 20 heavy (non-hydrogen) atoms. The highest BCUT2D eigenvalue weighted by molar-refractivity contribution is 5.98. The summed E-state index contributed by atoms with van der Waals surface area (Å²) in [6.45, 7) is 1.57. The van der Waals surface area contributed by atoms with E-state index >= 15 is 0 Å². The SMILES string of the molecule is CCCC(=O)Nc1cccc(C(=O)NCC(=O)NO)c1. The predicted molar refractivity (Wildman–Crippen MR) is 72.2 cm³/mol. The molecule has 7 heteroatoms. The second kappa shape index (κ2) is 7.90. The number of benzene rings is 1. The van der Waals surface area contributed by atoms with E-state index in [0.29, 0.717) is 17.7 Å². The van der Waals surface area contributed by atoms with Crippen molar-refractivity contribution in [1.29, 1.82) is 0 Å². The average Bonchev–Trinajstić information content (AvgIpc) is 2.44. The molecule has 0 aromatic heterocycles. The van der Waals surface area contributed by atoms with Gasteiger partial charge in [-0.05, 0) is 24.6 Å². The van der Waals surface area contributed by atoms with Crippen molar-refractivity contribution in [2.75, 3.05) is 11.9 Å². The summed E-state index contributed by atoms with van der Waals surface area (Å²) in [5.74, 6) is -1.31. The zero-order valence-corrected chi connectivity index (χ0v) is 11.1. The second-order valence-electron chi connectivity index (χ2n) is 4.10. The Morgan fingerprint density at radius 1 is 1.20 bits per heavy atom. The van der Waals surface area contributed by atoms with Gasteiger partial charge in [0.2, 0.25) is 5.91 Å². The first-order valence-electron chi connectivity index (χ1n) is 6.18. The molecule has 0 aliphatic heterocycles. The van der Waals surface area contributed by atoms with Gasteiger partial charge in [-0.2, -0.15) is 0 Å². The number of anilines is 1. The van der Waals surface area contributed by atoms with Crippen LogP contribution in [0.2, 0.25) is 0 Å². The van der Waals surface area contributed by atoms with Gasteiger partial charge in [-0.3, -0.25) is 19.6 Å². The lowest BCUT2D eigenvalue weighted by atomic mass is 10.2. The molecule has 0 radical (unpaired) electrons. The molecular formula is C13H17N3O4. The summed E-state index contributed by atoms with van der Waals surface area (Å²) in [5, 5.41) is 13.3. The van der Waals surface area contributed by atoms with Crippen LogP contribution in [-0.4, -0.2) is 29.5 Å². The summed E-state index contributed by atoms with van der Waals surface area (Å²) in [5.41, 5.74) is 2.24.